The highest BCUT2D eigenvalue weighted by atomic mass is 28.4. The highest BCUT2D eigenvalue weighted by Crippen LogP contribution is 2.09. The fourth-order valence-corrected chi connectivity index (χ4v) is 7.31. The Morgan fingerprint density at radius 2 is 0.739 bits per heavy atom. The van der Waals surface area contributed by atoms with E-state index >= 15 is 0 Å². The lowest BCUT2D eigenvalue weighted by Crippen LogP contribution is -2.35. The minimum Gasteiger partial charge on any atom is -0.397 e. The van der Waals surface area contributed by atoms with Crippen molar-refractivity contribution in [3.8, 4) is 0 Å². The van der Waals surface area contributed by atoms with Crippen molar-refractivity contribution < 1.29 is 17.7 Å². The van der Waals surface area contributed by atoms with Crippen molar-refractivity contribution in [1.29, 1.82) is 0 Å². The largest absolute Gasteiger partial charge is 0.397 e. The Morgan fingerprint density at radius 3 is 0.957 bits per heavy atom. The van der Waals surface area contributed by atoms with Gasteiger partial charge in [0.15, 0.2) is 0 Å². The van der Waals surface area contributed by atoms with Crippen molar-refractivity contribution >= 4 is 18.6 Å². The third-order valence-corrected chi connectivity index (χ3v) is 9.10. The van der Waals surface area contributed by atoms with Crippen LogP contribution in [0.3, 0.4) is 0 Å². The van der Waals surface area contributed by atoms with E-state index in [-0.39, 0.29) is 0 Å². The van der Waals surface area contributed by atoms with Crippen molar-refractivity contribution in [3.63, 3.8) is 0 Å². The summed E-state index contributed by atoms with van der Waals surface area (Å²) in [6.45, 7) is 12.1. The highest BCUT2D eigenvalue weighted by molar-refractivity contribution is 6.64. The summed E-state index contributed by atoms with van der Waals surface area (Å²) in [5.74, 6) is 0. The van der Waals surface area contributed by atoms with Crippen LogP contribution in [-0.4, -0.2) is 45.0 Å². The molecule has 0 fully saturated rings. The van der Waals surface area contributed by atoms with E-state index in [1.165, 1.54) is 0 Å². The fourth-order valence-electron chi connectivity index (χ4n) is 1.96. The van der Waals surface area contributed by atoms with Crippen LogP contribution in [0.2, 0.25) is 5.67 Å². The minimum absolute atomic E-state index is 0.824. The number of hydrogen-bond acceptors (Lipinski definition) is 4. The second-order valence-electron chi connectivity index (χ2n) is 5.99. The van der Waals surface area contributed by atoms with Crippen LogP contribution >= 0.6 is 0 Å². The Labute approximate surface area is 147 Å². The summed E-state index contributed by atoms with van der Waals surface area (Å²) in [5.41, 5.74) is 0.931. The molecule has 0 radical (unpaired) electrons. The Kier molecular flexibility index (Phi) is 18.8. The molecule has 0 aliphatic heterocycles. The molecule has 0 unspecified atom stereocenters. The van der Waals surface area contributed by atoms with Crippen LogP contribution in [-0.2, 0) is 17.7 Å². The minimum atomic E-state index is -1.65. The molecule has 0 saturated carbocycles. The third-order valence-electron chi connectivity index (χ3n) is 3.59. The molecule has 0 aromatic carbocycles. The van der Waals surface area contributed by atoms with Crippen molar-refractivity contribution in [1.82, 2.24) is 0 Å². The van der Waals surface area contributed by atoms with Crippen molar-refractivity contribution in [2.45, 2.75) is 84.7 Å². The van der Waals surface area contributed by atoms with Gasteiger partial charge >= 0.3 is 18.6 Å². The van der Waals surface area contributed by atoms with Gasteiger partial charge < -0.3 is 17.7 Å². The molecule has 0 aliphatic carbocycles. The van der Waals surface area contributed by atoms with E-state index in [2.05, 4.69) is 27.7 Å². The standard InChI is InChI=1S/C17H40O4Si2/c1-5-9-13-18-22(19-14-10-6-2)17-23(20-15-11-7-3)21-16-12-8-4/h22-23H,5-17H2,1-4H3. The summed E-state index contributed by atoms with van der Waals surface area (Å²) in [6.07, 6.45) is 9.10. The predicted octanol–water partition coefficient (Wildman–Crippen LogP) is 4.23. The molecule has 0 aromatic heterocycles. The molecule has 0 aliphatic rings. The normalized spacial score (nSPS) is 11.7. The zero-order valence-corrected chi connectivity index (χ0v) is 18.3. The molecule has 0 rings (SSSR count). The molecule has 0 saturated heterocycles. The van der Waals surface area contributed by atoms with Crippen LogP contribution in [0.1, 0.15) is 79.1 Å². The van der Waals surface area contributed by atoms with E-state index in [4.69, 9.17) is 17.7 Å². The summed E-state index contributed by atoms with van der Waals surface area (Å²) in [6, 6.07) is 0. The molecule has 6 heteroatoms. The molecular weight excluding hydrogens is 324 g/mol. The summed E-state index contributed by atoms with van der Waals surface area (Å²) in [5, 5.41) is 0. The third kappa shape index (κ3) is 15.5. The fraction of sp³-hybridized carbons (Fsp3) is 1.00. The molecule has 0 atom stereocenters. The van der Waals surface area contributed by atoms with Crippen LogP contribution < -0.4 is 0 Å². The monoisotopic (exact) mass is 364 g/mol. The van der Waals surface area contributed by atoms with Gasteiger partial charge in [-0.2, -0.15) is 0 Å². The first-order valence-electron chi connectivity index (χ1n) is 9.74. The topological polar surface area (TPSA) is 36.9 Å². The van der Waals surface area contributed by atoms with Gasteiger partial charge in [0.05, 0.1) is 0 Å². The van der Waals surface area contributed by atoms with Crippen molar-refractivity contribution in [3.05, 3.63) is 0 Å². The predicted molar refractivity (Wildman–Crippen MR) is 103 cm³/mol. The number of rotatable bonds is 18. The van der Waals surface area contributed by atoms with Crippen LogP contribution in [0, 0.1) is 0 Å². The maximum Gasteiger partial charge on any atom is 0.323 e. The maximum atomic E-state index is 6.06. The number of hydrogen-bond donors (Lipinski definition) is 0. The Bertz CT molecular complexity index is 191. The smallest absolute Gasteiger partial charge is 0.323 e. The lowest BCUT2D eigenvalue weighted by molar-refractivity contribution is 0.175. The second kappa shape index (κ2) is 18.6. The molecule has 0 N–H and O–H groups in total. The van der Waals surface area contributed by atoms with E-state index in [0.717, 1.165) is 83.5 Å². The summed E-state index contributed by atoms with van der Waals surface area (Å²) in [7, 11) is -3.29. The molecule has 140 valence electrons. The average molecular weight is 365 g/mol. The zero-order chi connectivity index (χ0) is 17.2. The molecule has 0 amide bonds. The molecule has 23 heavy (non-hydrogen) atoms. The molecule has 0 heterocycles. The molecule has 0 aromatic rings. The molecule has 0 spiro atoms. The van der Waals surface area contributed by atoms with Gasteiger partial charge in [0.2, 0.25) is 0 Å². The van der Waals surface area contributed by atoms with Gasteiger partial charge in [-0.25, -0.2) is 0 Å². The highest BCUT2D eigenvalue weighted by Gasteiger charge is 2.24. The second-order valence-corrected chi connectivity index (χ2v) is 10.9. The van der Waals surface area contributed by atoms with Gasteiger partial charge in [-0.05, 0) is 25.7 Å². The van der Waals surface area contributed by atoms with Crippen LogP contribution in [0.5, 0.6) is 0 Å². The Morgan fingerprint density at radius 1 is 0.478 bits per heavy atom. The molecular formula is C17H40O4Si2. The first-order valence-corrected chi connectivity index (χ1v) is 13.3. The van der Waals surface area contributed by atoms with E-state index in [9.17, 15) is 0 Å². The summed E-state index contributed by atoms with van der Waals surface area (Å²) < 4.78 is 24.3. The molecule has 4 nitrogen and oxygen atoms in total. The van der Waals surface area contributed by atoms with Crippen LogP contribution in [0.25, 0.3) is 0 Å². The SMILES string of the molecule is CCCCO[SiH](C[SiH](OCCCC)OCCCC)OCCCC. The number of unbranched alkanes of at least 4 members (excludes halogenated alkanes) is 4. The van der Waals surface area contributed by atoms with Gasteiger partial charge in [0.1, 0.15) is 0 Å². The lowest BCUT2D eigenvalue weighted by atomic mass is 10.4. The Balaban J connectivity index is 4.31. The van der Waals surface area contributed by atoms with Gasteiger partial charge in [0.25, 0.3) is 0 Å². The zero-order valence-electron chi connectivity index (χ0n) is 16.0. The van der Waals surface area contributed by atoms with Crippen molar-refractivity contribution in [2.75, 3.05) is 26.4 Å². The summed E-state index contributed by atoms with van der Waals surface area (Å²) in [4.78, 5) is 0. The van der Waals surface area contributed by atoms with Gasteiger partial charge in [-0.15, -0.1) is 0 Å². The lowest BCUT2D eigenvalue weighted by Gasteiger charge is -2.22. The average Bonchev–Trinajstić information content (AvgIpc) is 2.55. The van der Waals surface area contributed by atoms with Crippen LogP contribution in [0.4, 0.5) is 0 Å². The summed E-state index contributed by atoms with van der Waals surface area (Å²) >= 11 is 0. The van der Waals surface area contributed by atoms with E-state index in [0.29, 0.717) is 0 Å². The first kappa shape index (κ1) is 23.3. The molecule has 0 bridgehead atoms. The van der Waals surface area contributed by atoms with E-state index in [1.807, 2.05) is 0 Å². The van der Waals surface area contributed by atoms with Gasteiger partial charge in [-0.1, -0.05) is 53.4 Å². The van der Waals surface area contributed by atoms with Gasteiger partial charge in [-0.3, -0.25) is 0 Å². The van der Waals surface area contributed by atoms with E-state index in [1.54, 1.807) is 0 Å². The van der Waals surface area contributed by atoms with Crippen molar-refractivity contribution in [2.24, 2.45) is 0 Å². The van der Waals surface area contributed by atoms with Crippen LogP contribution in [0.15, 0.2) is 0 Å². The van der Waals surface area contributed by atoms with Gasteiger partial charge in [0, 0.05) is 32.1 Å². The quantitative estimate of drug-likeness (QED) is 0.269. The first-order chi connectivity index (χ1) is 11.3. The van der Waals surface area contributed by atoms with E-state index < -0.39 is 18.6 Å². The Hall–Kier alpha value is 0.274. The maximum absolute atomic E-state index is 6.06.